The highest BCUT2D eigenvalue weighted by molar-refractivity contribution is 5.85. The molecule has 1 aliphatic heterocycles. The Hall–Kier alpha value is -1.06. The molecule has 112 valence electrons. The number of nitrogens with zero attached hydrogens (tertiary/aromatic N) is 1. The fourth-order valence-electron chi connectivity index (χ4n) is 2.93. The highest BCUT2D eigenvalue weighted by Gasteiger charge is 2.23. The van der Waals surface area contributed by atoms with Gasteiger partial charge in [-0.25, -0.2) is 0 Å². The smallest absolute Gasteiger partial charge is 0.303 e. The lowest BCUT2D eigenvalue weighted by Gasteiger charge is -2.24. The van der Waals surface area contributed by atoms with Gasteiger partial charge in [-0.1, -0.05) is 30.3 Å². The SMILES string of the molecule is Cl.O=C(O)CCCN1CCCC1CCc1ccccc1. The molecule has 0 radical (unpaired) electrons. The molecule has 1 heterocycles. The van der Waals surface area contributed by atoms with Crippen molar-refractivity contribution in [1.29, 1.82) is 0 Å². The van der Waals surface area contributed by atoms with Crippen LogP contribution in [0, 0.1) is 0 Å². The second-order valence-corrected chi connectivity index (χ2v) is 5.35. The van der Waals surface area contributed by atoms with Crippen molar-refractivity contribution in [2.75, 3.05) is 13.1 Å². The number of aryl methyl sites for hydroxylation is 1. The second-order valence-electron chi connectivity index (χ2n) is 5.35. The number of carboxylic acids is 1. The summed E-state index contributed by atoms with van der Waals surface area (Å²) in [6, 6.07) is 11.3. The molecule has 0 aliphatic carbocycles. The summed E-state index contributed by atoms with van der Waals surface area (Å²) in [7, 11) is 0. The molecule has 4 heteroatoms. The van der Waals surface area contributed by atoms with Crippen LogP contribution in [0.5, 0.6) is 0 Å². The Labute approximate surface area is 127 Å². The van der Waals surface area contributed by atoms with Gasteiger partial charge in [-0.05, 0) is 50.8 Å². The summed E-state index contributed by atoms with van der Waals surface area (Å²) in [5, 5.41) is 8.69. The van der Waals surface area contributed by atoms with Gasteiger partial charge in [0.2, 0.25) is 0 Å². The first-order valence-corrected chi connectivity index (χ1v) is 7.25. The van der Waals surface area contributed by atoms with Gasteiger partial charge < -0.3 is 10.0 Å². The van der Waals surface area contributed by atoms with E-state index in [0.29, 0.717) is 12.5 Å². The Kier molecular flexibility index (Phi) is 7.63. The highest BCUT2D eigenvalue weighted by atomic mass is 35.5. The van der Waals surface area contributed by atoms with E-state index in [0.717, 1.165) is 25.9 Å². The van der Waals surface area contributed by atoms with E-state index in [1.165, 1.54) is 24.8 Å². The van der Waals surface area contributed by atoms with Gasteiger partial charge in [0.15, 0.2) is 0 Å². The molecule has 1 fully saturated rings. The van der Waals surface area contributed by atoms with Crippen molar-refractivity contribution in [2.45, 2.75) is 44.6 Å². The van der Waals surface area contributed by atoms with Gasteiger partial charge in [-0.15, -0.1) is 12.4 Å². The predicted molar refractivity (Wildman–Crippen MR) is 83.5 cm³/mol. The van der Waals surface area contributed by atoms with E-state index in [1.54, 1.807) is 0 Å². The zero-order valence-corrected chi connectivity index (χ0v) is 12.6. The Morgan fingerprint density at radius 1 is 1.30 bits per heavy atom. The first-order valence-electron chi connectivity index (χ1n) is 7.25. The largest absolute Gasteiger partial charge is 0.481 e. The molecular formula is C16H24ClNO2. The Morgan fingerprint density at radius 3 is 2.75 bits per heavy atom. The molecular weight excluding hydrogens is 274 g/mol. The van der Waals surface area contributed by atoms with E-state index in [1.807, 2.05) is 0 Å². The van der Waals surface area contributed by atoms with Crippen LogP contribution >= 0.6 is 12.4 Å². The third-order valence-corrected chi connectivity index (χ3v) is 3.94. The first-order chi connectivity index (χ1) is 9.25. The molecule has 0 amide bonds. The van der Waals surface area contributed by atoms with Gasteiger partial charge in [-0.2, -0.15) is 0 Å². The minimum atomic E-state index is -0.681. The van der Waals surface area contributed by atoms with E-state index in [2.05, 4.69) is 35.2 Å². The van der Waals surface area contributed by atoms with Gasteiger partial charge in [0.05, 0.1) is 0 Å². The minimum absolute atomic E-state index is 0. The van der Waals surface area contributed by atoms with Crippen molar-refractivity contribution in [1.82, 2.24) is 4.90 Å². The molecule has 0 aromatic heterocycles. The van der Waals surface area contributed by atoms with Crippen LogP contribution in [0.3, 0.4) is 0 Å². The van der Waals surface area contributed by atoms with Crippen LogP contribution in [-0.4, -0.2) is 35.1 Å². The molecule has 0 saturated carbocycles. The summed E-state index contributed by atoms with van der Waals surface area (Å²) >= 11 is 0. The molecule has 20 heavy (non-hydrogen) atoms. The summed E-state index contributed by atoms with van der Waals surface area (Å²) in [6.45, 7) is 2.07. The van der Waals surface area contributed by atoms with Crippen LogP contribution in [0.15, 0.2) is 30.3 Å². The Morgan fingerprint density at radius 2 is 2.05 bits per heavy atom. The van der Waals surface area contributed by atoms with Crippen molar-refractivity contribution < 1.29 is 9.90 Å². The van der Waals surface area contributed by atoms with Gasteiger partial charge >= 0.3 is 5.97 Å². The summed E-state index contributed by atoms with van der Waals surface area (Å²) in [5.41, 5.74) is 1.40. The summed E-state index contributed by atoms with van der Waals surface area (Å²) < 4.78 is 0. The van der Waals surface area contributed by atoms with E-state index in [4.69, 9.17) is 5.11 Å². The number of hydrogen-bond donors (Lipinski definition) is 1. The fraction of sp³-hybridized carbons (Fsp3) is 0.562. The summed E-state index contributed by atoms with van der Waals surface area (Å²) in [5.74, 6) is -0.681. The van der Waals surface area contributed by atoms with Crippen molar-refractivity contribution >= 4 is 18.4 Å². The number of halogens is 1. The van der Waals surface area contributed by atoms with Crippen molar-refractivity contribution in [2.24, 2.45) is 0 Å². The van der Waals surface area contributed by atoms with E-state index in [-0.39, 0.29) is 12.4 Å². The third kappa shape index (κ3) is 5.51. The third-order valence-electron chi connectivity index (χ3n) is 3.94. The number of hydrogen-bond acceptors (Lipinski definition) is 2. The second kappa shape index (κ2) is 8.98. The standard InChI is InChI=1S/C16H23NO2.ClH/c18-16(19)9-5-13-17-12-4-8-15(17)11-10-14-6-2-1-3-7-14;/h1-3,6-7,15H,4-5,8-13H2,(H,18,19);1H. The van der Waals surface area contributed by atoms with Crippen molar-refractivity contribution in [3.05, 3.63) is 35.9 Å². The number of rotatable bonds is 7. The lowest BCUT2D eigenvalue weighted by Crippen LogP contribution is -2.31. The summed E-state index contributed by atoms with van der Waals surface area (Å²) in [6.07, 6.45) is 5.91. The molecule has 1 N–H and O–H groups in total. The van der Waals surface area contributed by atoms with E-state index < -0.39 is 5.97 Å². The molecule has 2 rings (SSSR count). The Balaban J connectivity index is 0.00000200. The maximum atomic E-state index is 10.5. The molecule has 1 unspecified atom stereocenters. The molecule has 0 bridgehead atoms. The van der Waals surface area contributed by atoms with Gasteiger partial charge in [0, 0.05) is 12.5 Å². The lowest BCUT2D eigenvalue weighted by molar-refractivity contribution is -0.137. The molecule has 1 aromatic carbocycles. The molecule has 1 aliphatic rings. The topological polar surface area (TPSA) is 40.5 Å². The normalized spacial score (nSPS) is 18.7. The van der Waals surface area contributed by atoms with Crippen LogP contribution in [-0.2, 0) is 11.2 Å². The number of benzene rings is 1. The van der Waals surface area contributed by atoms with Crippen LogP contribution in [0.2, 0.25) is 0 Å². The average molecular weight is 298 g/mol. The summed E-state index contributed by atoms with van der Waals surface area (Å²) in [4.78, 5) is 13.0. The van der Waals surface area contributed by atoms with Gasteiger partial charge in [-0.3, -0.25) is 4.79 Å². The van der Waals surface area contributed by atoms with Crippen molar-refractivity contribution in [3.8, 4) is 0 Å². The maximum Gasteiger partial charge on any atom is 0.303 e. The van der Waals surface area contributed by atoms with Gasteiger partial charge in [0.25, 0.3) is 0 Å². The maximum absolute atomic E-state index is 10.5. The molecule has 1 atom stereocenters. The number of carbonyl (C=O) groups is 1. The molecule has 3 nitrogen and oxygen atoms in total. The number of aliphatic carboxylic acids is 1. The van der Waals surface area contributed by atoms with E-state index >= 15 is 0 Å². The monoisotopic (exact) mass is 297 g/mol. The van der Waals surface area contributed by atoms with Crippen molar-refractivity contribution in [3.63, 3.8) is 0 Å². The molecule has 1 saturated heterocycles. The number of carboxylic acid groups (broad SMARTS) is 1. The lowest BCUT2D eigenvalue weighted by atomic mass is 10.0. The zero-order valence-electron chi connectivity index (χ0n) is 11.8. The Bertz CT molecular complexity index is 397. The van der Waals surface area contributed by atoms with Crippen LogP contribution in [0.1, 0.15) is 37.7 Å². The van der Waals surface area contributed by atoms with Gasteiger partial charge in [0.1, 0.15) is 0 Å². The molecule has 1 aromatic rings. The van der Waals surface area contributed by atoms with Crippen LogP contribution < -0.4 is 0 Å². The zero-order chi connectivity index (χ0) is 13.5. The minimum Gasteiger partial charge on any atom is -0.481 e. The highest BCUT2D eigenvalue weighted by Crippen LogP contribution is 2.22. The van der Waals surface area contributed by atoms with E-state index in [9.17, 15) is 4.79 Å². The van der Waals surface area contributed by atoms with Crippen LogP contribution in [0.4, 0.5) is 0 Å². The first kappa shape index (κ1) is 17.0. The predicted octanol–water partition coefficient (Wildman–Crippen LogP) is 3.37. The fourth-order valence-corrected chi connectivity index (χ4v) is 2.93. The molecule has 0 spiro atoms. The quantitative estimate of drug-likeness (QED) is 0.839. The number of likely N-dealkylation sites (tertiary alicyclic amines) is 1. The van der Waals surface area contributed by atoms with Crippen LogP contribution in [0.25, 0.3) is 0 Å². The average Bonchev–Trinajstić information content (AvgIpc) is 2.85.